The fourth-order valence-corrected chi connectivity index (χ4v) is 2.10. The molecule has 5 nitrogen and oxygen atoms in total. The second-order valence-electron chi connectivity index (χ2n) is 4.44. The number of para-hydroxylation sites is 1. The Hall–Kier alpha value is -3.00. The topological polar surface area (TPSA) is 71.1 Å². The summed E-state index contributed by atoms with van der Waals surface area (Å²) in [4.78, 5) is 4.24. The summed E-state index contributed by atoms with van der Waals surface area (Å²) in [5, 5.41) is 13.0. The van der Waals surface area contributed by atoms with Crippen LogP contribution < -0.4 is 10.1 Å². The van der Waals surface area contributed by atoms with E-state index >= 15 is 0 Å². The van der Waals surface area contributed by atoms with Gasteiger partial charge in [-0.2, -0.15) is 5.26 Å². The van der Waals surface area contributed by atoms with E-state index in [0.29, 0.717) is 11.3 Å². The smallest absolute Gasteiger partial charge is 0.246 e. The van der Waals surface area contributed by atoms with E-state index in [0.717, 1.165) is 16.8 Å². The predicted octanol–water partition coefficient (Wildman–Crippen LogP) is 3.32. The lowest BCUT2D eigenvalue weighted by Gasteiger charge is -2.06. The summed E-state index contributed by atoms with van der Waals surface area (Å²) < 4.78 is 11.2. The van der Waals surface area contributed by atoms with Crippen molar-refractivity contribution in [2.24, 2.45) is 0 Å². The summed E-state index contributed by atoms with van der Waals surface area (Å²) in [6, 6.07) is 13.2. The number of rotatable bonds is 4. The molecule has 2 aromatic heterocycles. The van der Waals surface area contributed by atoms with Gasteiger partial charge in [0.2, 0.25) is 5.76 Å². The van der Waals surface area contributed by atoms with E-state index in [-0.39, 0.29) is 12.4 Å². The van der Waals surface area contributed by atoms with Crippen LogP contribution in [0, 0.1) is 11.3 Å². The van der Waals surface area contributed by atoms with Crippen molar-refractivity contribution >= 4 is 16.7 Å². The van der Waals surface area contributed by atoms with Crippen LogP contribution in [0.5, 0.6) is 5.75 Å². The molecule has 3 aromatic rings. The number of anilines is 1. The van der Waals surface area contributed by atoms with Gasteiger partial charge in [-0.15, -0.1) is 0 Å². The van der Waals surface area contributed by atoms with Gasteiger partial charge >= 0.3 is 0 Å². The molecule has 0 saturated heterocycles. The lowest BCUT2D eigenvalue weighted by atomic mass is 10.2. The summed E-state index contributed by atoms with van der Waals surface area (Å²) in [7, 11) is 1.84. The molecule has 21 heavy (non-hydrogen) atoms. The fraction of sp³-hybridized carbons (Fsp3) is 0.125. The first-order valence-electron chi connectivity index (χ1n) is 6.49. The standard InChI is InChI=1S/C16H13N3O2/c1-18-11-6-7-19-12(8-11)10-20-16-13-4-2-3-5-14(13)21-15(16)9-17/h2-8H,10H2,1H3,(H,18,19). The van der Waals surface area contributed by atoms with Gasteiger partial charge in [-0.3, -0.25) is 4.98 Å². The lowest BCUT2D eigenvalue weighted by Crippen LogP contribution is -2.00. The molecule has 0 aliphatic carbocycles. The maximum Gasteiger partial charge on any atom is 0.246 e. The zero-order valence-corrected chi connectivity index (χ0v) is 11.5. The van der Waals surface area contributed by atoms with Crippen molar-refractivity contribution in [3.8, 4) is 11.8 Å². The average Bonchev–Trinajstić information content (AvgIpc) is 2.91. The molecule has 2 heterocycles. The normalized spacial score (nSPS) is 10.3. The minimum Gasteiger partial charge on any atom is -0.482 e. The summed E-state index contributed by atoms with van der Waals surface area (Å²) in [6.07, 6.45) is 1.71. The number of ether oxygens (including phenoxy) is 1. The van der Waals surface area contributed by atoms with Gasteiger partial charge in [0.1, 0.15) is 18.3 Å². The number of fused-ring (bicyclic) bond motifs is 1. The minimum absolute atomic E-state index is 0.181. The summed E-state index contributed by atoms with van der Waals surface area (Å²) in [6.45, 7) is 0.272. The Kier molecular flexibility index (Phi) is 3.44. The highest BCUT2D eigenvalue weighted by atomic mass is 16.5. The third kappa shape index (κ3) is 2.51. The van der Waals surface area contributed by atoms with Crippen molar-refractivity contribution in [2.45, 2.75) is 6.61 Å². The van der Waals surface area contributed by atoms with Gasteiger partial charge in [0, 0.05) is 18.9 Å². The molecule has 0 aliphatic heterocycles. The van der Waals surface area contributed by atoms with Gasteiger partial charge in [0.15, 0.2) is 5.75 Å². The molecule has 0 fully saturated rings. The van der Waals surface area contributed by atoms with Crippen LogP contribution in [0.1, 0.15) is 11.5 Å². The quantitative estimate of drug-likeness (QED) is 0.793. The van der Waals surface area contributed by atoms with Crippen LogP contribution in [0.25, 0.3) is 11.0 Å². The molecular formula is C16H13N3O2. The molecule has 1 aromatic carbocycles. The minimum atomic E-state index is 0.181. The average molecular weight is 279 g/mol. The second kappa shape index (κ2) is 5.55. The van der Waals surface area contributed by atoms with Crippen LogP contribution in [-0.4, -0.2) is 12.0 Å². The van der Waals surface area contributed by atoms with Gasteiger partial charge < -0.3 is 14.5 Å². The molecule has 0 saturated carbocycles. The van der Waals surface area contributed by atoms with Crippen LogP contribution >= 0.6 is 0 Å². The first kappa shape index (κ1) is 13.0. The van der Waals surface area contributed by atoms with Crippen LogP contribution in [0.2, 0.25) is 0 Å². The Balaban J connectivity index is 1.89. The van der Waals surface area contributed by atoms with Crippen LogP contribution in [0.4, 0.5) is 5.69 Å². The highest BCUT2D eigenvalue weighted by molar-refractivity contribution is 5.86. The molecule has 0 spiro atoms. The van der Waals surface area contributed by atoms with Crippen molar-refractivity contribution in [1.82, 2.24) is 4.98 Å². The van der Waals surface area contributed by atoms with Gasteiger partial charge in [-0.1, -0.05) is 12.1 Å². The first-order chi connectivity index (χ1) is 10.3. The molecular weight excluding hydrogens is 266 g/mol. The van der Waals surface area contributed by atoms with Crippen molar-refractivity contribution in [1.29, 1.82) is 5.26 Å². The van der Waals surface area contributed by atoms with Crippen molar-refractivity contribution in [3.63, 3.8) is 0 Å². The van der Waals surface area contributed by atoms with Crippen LogP contribution in [-0.2, 0) is 6.61 Å². The summed E-state index contributed by atoms with van der Waals surface area (Å²) >= 11 is 0. The van der Waals surface area contributed by atoms with Gasteiger partial charge in [0.05, 0.1) is 11.1 Å². The van der Waals surface area contributed by atoms with Gasteiger partial charge in [0.25, 0.3) is 0 Å². The summed E-state index contributed by atoms with van der Waals surface area (Å²) in [5.74, 6) is 0.644. The largest absolute Gasteiger partial charge is 0.482 e. The number of furan rings is 1. The molecule has 104 valence electrons. The predicted molar refractivity (Wildman–Crippen MR) is 79.0 cm³/mol. The van der Waals surface area contributed by atoms with E-state index in [4.69, 9.17) is 14.4 Å². The maximum absolute atomic E-state index is 9.15. The number of aromatic nitrogens is 1. The molecule has 0 bridgehead atoms. The molecule has 0 unspecified atom stereocenters. The molecule has 0 amide bonds. The Morgan fingerprint density at radius 3 is 3.00 bits per heavy atom. The number of hydrogen-bond acceptors (Lipinski definition) is 5. The molecule has 0 atom stereocenters. The van der Waals surface area contributed by atoms with Crippen molar-refractivity contribution in [3.05, 3.63) is 54.0 Å². The van der Waals surface area contributed by atoms with Crippen molar-refractivity contribution in [2.75, 3.05) is 12.4 Å². The fourth-order valence-electron chi connectivity index (χ4n) is 2.10. The van der Waals surface area contributed by atoms with E-state index in [2.05, 4.69) is 10.3 Å². The number of hydrogen-bond donors (Lipinski definition) is 1. The van der Waals surface area contributed by atoms with Gasteiger partial charge in [-0.05, 0) is 24.3 Å². The summed E-state index contributed by atoms with van der Waals surface area (Å²) in [5.41, 5.74) is 2.37. The number of benzene rings is 1. The SMILES string of the molecule is CNc1ccnc(COc2c(C#N)oc3ccccc23)c1. The number of nitrogens with zero attached hydrogens (tertiary/aromatic N) is 2. The molecule has 1 N–H and O–H groups in total. The zero-order chi connectivity index (χ0) is 14.7. The maximum atomic E-state index is 9.15. The van der Waals surface area contributed by atoms with Crippen LogP contribution in [0.15, 0.2) is 47.0 Å². The Morgan fingerprint density at radius 2 is 2.19 bits per heavy atom. The third-order valence-electron chi connectivity index (χ3n) is 3.12. The molecule has 0 aliphatic rings. The molecule has 0 radical (unpaired) electrons. The molecule has 3 rings (SSSR count). The van der Waals surface area contributed by atoms with E-state index in [1.165, 1.54) is 0 Å². The Morgan fingerprint density at radius 1 is 1.33 bits per heavy atom. The Bertz CT molecular complexity index is 818. The van der Waals surface area contributed by atoms with E-state index in [9.17, 15) is 0 Å². The van der Waals surface area contributed by atoms with Crippen LogP contribution in [0.3, 0.4) is 0 Å². The number of nitrogens with one attached hydrogen (secondary N) is 1. The monoisotopic (exact) mass is 279 g/mol. The number of nitriles is 1. The second-order valence-corrected chi connectivity index (χ2v) is 4.44. The zero-order valence-electron chi connectivity index (χ0n) is 11.5. The molecule has 5 heteroatoms. The Labute approximate surface area is 121 Å². The highest BCUT2D eigenvalue weighted by Crippen LogP contribution is 2.32. The van der Waals surface area contributed by atoms with E-state index < -0.39 is 0 Å². The lowest BCUT2D eigenvalue weighted by molar-refractivity contribution is 0.299. The van der Waals surface area contributed by atoms with Gasteiger partial charge in [-0.25, -0.2) is 0 Å². The van der Waals surface area contributed by atoms with E-state index in [1.54, 1.807) is 6.20 Å². The highest BCUT2D eigenvalue weighted by Gasteiger charge is 2.15. The van der Waals surface area contributed by atoms with Crippen molar-refractivity contribution < 1.29 is 9.15 Å². The first-order valence-corrected chi connectivity index (χ1v) is 6.49. The van der Waals surface area contributed by atoms with E-state index in [1.807, 2.05) is 49.5 Å². The number of pyridine rings is 1. The third-order valence-corrected chi connectivity index (χ3v) is 3.12.